The topological polar surface area (TPSA) is 105 Å². The van der Waals surface area contributed by atoms with E-state index in [0.29, 0.717) is 36.7 Å². The molecule has 1 aromatic heterocycles. The molecule has 3 amide bonds. The Bertz CT molecular complexity index is 1100. The van der Waals surface area contributed by atoms with Crippen LogP contribution in [0.4, 0.5) is 4.79 Å². The SMILES string of the molecule is CCOC(=O)c1c(C(=O)N2CCN(C(=O)NC3CCCCC3)C(C)C2)nc(C)nc1-c1ccccc1. The van der Waals surface area contributed by atoms with E-state index in [1.54, 1.807) is 23.6 Å². The van der Waals surface area contributed by atoms with Crippen LogP contribution in [0.15, 0.2) is 30.3 Å². The minimum atomic E-state index is -0.627. The zero-order valence-corrected chi connectivity index (χ0v) is 21.3. The lowest BCUT2D eigenvalue weighted by molar-refractivity contribution is 0.0502. The van der Waals surface area contributed by atoms with Gasteiger partial charge >= 0.3 is 12.0 Å². The molecule has 1 saturated heterocycles. The monoisotopic (exact) mass is 493 g/mol. The van der Waals surface area contributed by atoms with Crippen LogP contribution in [0.3, 0.4) is 0 Å². The summed E-state index contributed by atoms with van der Waals surface area (Å²) in [5, 5.41) is 3.17. The van der Waals surface area contributed by atoms with Gasteiger partial charge in [-0.05, 0) is 33.6 Å². The predicted molar refractivity (Wildman–Crippen MR) is 136 cm³/mol. The number of urea groups is 1. The fourth-order valence-corrected chi connectivity index (χ4v) is 5.03. The van der Waals surface area contributed by atoms with E-state index in [1.165, 1.54) is 6.42 Å². The van der Waals surface area contributed by atoms with Crippen LogP contribution in [0.1, 0.15) is 72.6 Å². The summed E-state index contributed by atoms with van der Waals surface area (Å²) in [6.45, 7) is 6.64. The molecule has 1 aromatic carbocycles. The molecule has 9 heteroatoms. The van der Waals surface area contributed by atoms with Crippen LogP contribution in [0.25, 0.3) is 11.3 Å². The standard InChI is InChI=1S/C27H35N5O4/c1-4-36-26(34)22-23(20-11-7-5-8-12-20)28-19(3)29-24(22)25(33)31-15-16-32(18(2)17-31)27(35)30-21-13-9-6-10-14-21/h5,7-8,11-12,18,21H,4,6,9-10,13-17H2,1-3H3,(H,30,35). The number of carbonyl (C=O) groups excluding carboxylic acids is 3. The van der Waals surface area contributed by atoms with E-state index in [-0.39, 0.29) is 41.9 Å². The fraction of sp³-hybridized carbons (Fsp3) is 0.519. The number of benzene rings is 1. The molecule has 2 aliphatic rings. The Balaban J connectivity index is 1.56. The molecule has 0 spiro atoms. The molecular weight excluding hydrogens is 458 g/mol. The average molecular weight is 494 g/mol. The van der Waals surface area contributed by atoms with Crippen molar-refractivity contribution < 1.29 is 19.1 Å². The van der Waals surface area contributed by atoms with E-state index >= 15 is 0 Å². The number of nitrogens with one attached hydrogen (secondary N) is 1. The molecule has 1 aliphatic heterocycles. The minimum absolute atomic E-state index is 0.0344. The first kappa shape index (κ1) is 25.6. The molecule has 9 nitrogen and oxygen atoms in total. The highest BCUT2D eigenvalue weighted by Crippen LogP contribution is 2.26. The Morgan fingerprint density at radius 1 is 1.06 bits per heavy atom. The van der Waals surface area contributed by atoms with Crippen LogP contribution >= 0.6 is 0 Å². The molecule has 0 radical (unpaired) electrons. The van der Waals surface area contributed by atoms with Gasteiger partial charge in [0.1, 0.15) is 17.1 Å². The molecule has 2 aromatic rings. The number of esters is 1. The second-order valence-electron chi connectivity index (χ2n) is 9.51. The summed E-state index contributed by atoms with van der Waals surface area (Å²) in [4.78, 5) is 52.0. The number of aryl methyl sites for hydroxylation is 1. The van der Waals surface area contributed by atoms with Crippen LogP contribution < -0.4 is 5.32 Å². The van der Waals surface area contributed by atoms with Gasteiger partial charge in [0.05, 0.1) is 12.3 Å². The maximum Gasteiger partial charge on any atom is 0.342 e. The highest BCUT2D eigenvalue weighted by molar-refractivity contribution is 6.07. The molecule has 1 N–H and O–H groups in total. The summed E-state index contributed by atoms with van der Waals surface area (Å²) in [5.74, 6) is -0.595. The summed E-state index contributed by atoms with van der Waals surface area (Å²) < 4.78 is 5.30. The molecule has 36 heavy (non-hydrogen) atoms. The molecule has 2 fully saturated rings. The van der Waals surface area contributed by atoms with Crippen LogP contribution in [-0.4, -0.2) is 76.0 Å². The van der Waals surface area contributed by atoms with Crippen molar-refractivity contribution in [3.05, 3.63) is 47.4 Å². The Labute approximate surface area is 212 Å². The second kappa shape index (κ2) is 11.5. The van der Waals surface area contributed by atoms with Crippen molar-refractivity contribution in [2.45, 2.75) is 65.0 Å². The smallest absolute Gasteiger partial charge is 0.342 e. The molecule has 2 heterocycles. The minimum Gasteiger partial charge on any atom is -0.462 e. The van der Waals surface area contributed by atoms with E-state index in [0.717, 1.165) is 25.7 Å². The lowest BCUT2D eigenvalue weighted by Gasteiger charge is -2.40. The number of piperazine rings is 1. The molecule has 0 bridgehead atoms. The number of hydrogen-bond donors (Lipinski definition) is 1. The van der Waals surface area contributed by atoms with Crippen LogP contribution in [0.5, 0.6) is 0 Å². The average Bonchev–Trinajstić information content (AvgIpc) is 2.88. The van der Waals surface area contributed by atoms with E-state index in [1.807, 2.05) is 37.3 Å². The van der Waals surface area contributed by atoms with Gasteiger partial charge in [-0.2, -0.15) is 0 Å². The van der Waals surface area contributed by atoms with Crippen LogP contribution in [-0.2, 0) is 4.74 Å². The highest BCUT2D eigenvalue weighted by Gasteiger charge is 2.35. The molecular formula is C27H35N5O4. The molecule has 1 atom stereocenters. The maximum absolute atomic E-state index is 13.7. The Morgan fingerprint density at radius 2 is 1.78 bits per heavy atom. The van der Waals surface area contributed by atoms with Gasteiger partial charge in [0.15, 0.2) is 0 Å². The number of aromatic nitrogens is 2. The van der Waals surface area contributed by atoms with E-state index in [4.69, 9.17) is 4.74 Å². The zero-order valence-electron chi connectivity index (χ0n) is 21.3. The number of nitrogens with zero attached hydrogens (tertiary/aromatic N) is 4. The van der Waals surface area contributed by atoms with Crippen molar-refractivity contribution >= 4 is 17.9 Å². The van der Waals surface area contributed by atoms with Gasteiger partial charge in [0, 0.05) is 37.3 Å². The van der Waals surface area contributed by atoms with Crippen molar-refractivity contribution in [2.24, 2.45) is 0 Å². The van der Waals surface area contributed by atoms with Crippen molar-refractivity contribution in [3.8, 4) is 11.3 Å². The molecule has 1 saturated carbocycles. The third-order valence-electron chi connectivity index (χ3n) is 6.86. The Morgan fingerprint density at radius 3 is 2.44 bits per heavy atom. The number of carbonyl (C=O) groups is 3. The molecule has 192 valence electrons. The zero-order chi connectivity index (χ0) is 25.7. The second-order valence-corrected chi connectivity index (χ2v) is 9.51. The summed E-state index contributed by atoms with van der Waals surface area (Å²) >= 11 is 0. The van der Waals surface area contributed by atoms with Gasteiger partial charge in [-0.1, -0.05) is 49.6 Å². The summed E-state index contributed by atoms with van der Waals surface area (Å²) in [6, 6.07) is 9.23. The summed E-state index contributed by atoms with van der Waals surface area (Å²) in [5.41, 5.74) is 1.19. The van der Waals surface area contributed by atoms with E-state index in [2.05, 4.69) is 15.3 Å². The summed E-state index contributed by atoms with van der Waals surface area (Å²) in [6.07, 6.45) is 5.56. The number of amides is 3. The number of hydrogen-bond acceptors (Lipinski definition) is 6. The predicted octanol–water partition coefficient (Wildman–Crippen LogP) is 3.82. The number of ether oxygens (including phenoxy) is 1. The summed E-state index contributed by atoms with van der Waals surface area (Å²) in [7, 11) is 0. The first-order chi connectivity index (χ1) is 17.4. The van der Waals surface area contributed by atoms with Crippen LogP contribution in [0, 0.1) is 6.92 Å². The molecule has 1 unspecified atom stereocenters. The van der Waals surface area contributed by atoms with Gasteiger partial charge in [0.25, 0.3) is 5.91 Å². The molecule has 1 aliphatic carbocycles. The third-order valence-corrected chi connectivity index (χ3v) is 6.86. The quantitative estimate of drug-likeness (QED) is 0.635. The Kier molecular flexibility index (Phi) is 8.18. The normalized spacial score (nSPS) is 18.6. The maximum atomic E-state index is 13.7. The van der Waals surface area contributed by atoms with Crippen LogP contribution in [0.2, 0.25) is 0 Å². The van der Waals surface area contributed by atoms with Gasteiger partial charge < -0.3 is 19.9 Å². The van der Waals surface area contributed by atoms with Crippen molar-refractivity contribution in [1.82, 2.24) is 25.1 Å². The first-order valence-corrected chi connectivity index (χ1v) is 12.9. The largest absolute Gasteiger partial charge is 0.462 e. The lowest BCUT2D eigenvalue weighted by atomic mass is 9.96. The van der Waals surface area contributed by atoms with E-state index in [9.17, 15) is 14.4 Å². The number of rotatable bonds is 5. The van der Waals surface area contributed by atoms with Gasteiger partial charge in [0.2, 0.25) is 0 Å². The van der Waals surface area contributed by atoms with Crippen molar-refractivity contribution in [3.63, 3.8) is 0 Å². The fourth-order valence-electron chi connectivity index (χ4n) is 5.03. The van der Waals surface area contributed by atoms with Crippen molar-refractivity contribution in [1.29, 1.82) is 0 Å². The highest BCUT2D eigenvalue weighted by atomic mass is 16.5. The lowest BCUT2D eigenvalue weighted by Crippen LogP contribution is -2.59. The third kappa shape index (κ3) is 5.66. The first-order valence-electron chi connectivity index (χ1n) is 12.9. The van der Waals surface area contributed by atoms with Gasteiger partial charge in [-0.15, -0.1) is 0 Å². The van der Waals surface area contributed by atoms with Gasteiger partial charge in [-0.3, -0.25) is 4.79 Å². The van der Waals surface area contributed by atoms with Gasteiger partial charge in [-0.25, -0.2) is 19.6 Å². The Hall–Kier alpha value is -3.49. The van der Waals surface area contributed by atoms with Crippen molar-refractivity contribution in [2.75, 3.05) is 26.2 Å². The molecule has 4 rings (SSSR count). The van der Waals surface area contributed by atoms with E-state index < -0.39 is 5.97 Å².